The second-order valence-corrected chi connectivity index (χ2v) is 6.08. The summed E-state index contributed by atoms with van der Waals surface area (Å²) in [5.41, 5.74) is 0.297. The van der Waals surface area contributed by atoms with Crippen LogP contribution >= 0.6 is 0 Å². The molecule has 0 bridgehead atoms. The van der Waals surface area contributed by atoms with Gasteiger partial charge in [0.15, 0.2) is 0 Å². The van der Waals surface area contributed by atoms with Gasteiger partial charge in [0.1, 0.15) is 5.69 Å². The monoisotopic (exact) mass is 338 g/mol. The van der Waals surface area contributed by atoms with Crippen molar-refractivity contribution in [2.24, 2.45) is 13.0 Å². The third-order valence-electron chi connectivity index (χ3n) is 4.02. The zero-order valence-electron chi connectivity index (χ0n) is 13.1. The Morgan fingerprint density at radius 2 is 2.08 bits per heavy atom. The van der Waals surface area contributed by atoms with Gasteiger partial charge in [-0.1, -0.05) is 6.07 Å². The third-order valence-corrected chi connectivity index (χ3v) is 4.02. The van der Waals surface area contributed by atoms with Crippen molar-refractivity contribution in [1.82, 2.24) is 19.7 Å². The Hall–Kier alpha value is -2.38. The lowest BCUT2D eigenvalue weighted by molar-refractivity contribution is -0.142. The molecule has 128 valence electrons. The van der Waals surface area contributed by atoms with Gasteiger partial charge in [0.05, 0.1) is 18.3 Å². The largest absolute Gasteiger partial charge is 0.433 e. The molecule has 1 amide bonds. The highest BCUT2D eigenvalue weighted by Gasteiger charge is 2.33. The first-order chi connectivity index (χ1) is 11.3. The van der Waals surface area contributed by atoms with Crippen LogP contribution in [-0.2, 0) is 30.9 Å². The van der Waals surface area contributed by atoms with E-state index in [1.165, 1.54) is 12.1 Å². The summed E-state index contributed by atoms with van der Waals surface area (Å²) in [6, 6.07) is 3.63. The van der Waals surface area contributed by atoms with Gasteiger partial charge in [-0.05, 0) is 30.0 Å². The number of aryl methyl sites for hydroxylation is 1. The zero-order valence-corrected chi connectivity index (χ0v) is 13.1. The van der Waals surface area contributed by atoms with Crippen molar-refractivity contribution in [3.63, 3.8) is 0 Å². The molecule has 3 rings (SSSR count). The zero-order chi connectivity index (χ0) is 17.3. The molecular weight excluding hydrogens is 321 g/mol. The minimum Gasteiger partial charge on any atom is -0.342 e. The maximum Gasteiger partial charge on any atom is 0.433 e. The average molecular weight is 338 g/mol. The quantitative estimate of drug-likeness (QED) is 0.858. The van der Waals surface area contributed by atoms with Crippen molar-refractivity contribution in [2.75, 3.05) is 13.1 Å². The van der Waals surface area contributed by atoms with Crippen LogP contribution in [0.4, 0.5) is 13.2 Å². The second kappa shape index (κ2) is 6.26. The number of likely N-dealkylation sites (tertiary alicyclic amines) is 1. The van der Waals surface area contributed by atoms with Crippen LogP contribution in [0.2, 0.25) is 0 Å². The van der Waals surface area contributed by atoms with Crippen molar-refractivity contribution in [2.45, 2.75) is 19.0 Å². The summed E-state index contributed by atoms with van der Waals surface area (Å²) in [6.07, 6.45) is -0.0122. The lowest BCUT2D eigenvalue weighted by Gasteiger charge is -2.39. The van der Waals surface area contributed by atoms with Gasteiger partial charge in [0, 0.05) is 26.3 Å². The SMILES string of the molecule is Cn1cc(CC2CN(C(=O)Cc3cccc(C(F)(F)F)n3)C2)cn1. The van der Waals surface area contributed by atoms with Crippen LogP contribution in [0.5, 0.6) is 0 Å². The van der Waals surface area contributed by atoms with Crippen molar-refractivity contribution < 1.29 is 18.0 Å². The van der Waals surface area contributed by atoms with Crippen molar-refractivity contribution in [3.05, 3.63) is 47.5 Å². The van der Waals surface area contributed by atoms with E-state index in [1.807, 2.05) is 13.2 Å². The molecule has 0 saturated carbocycles. The maximum absolute atomic E-state index is 12.6. The van der Waals surface area contributed by atoms with Gasteiger partial charge in [-0.25, -0.2) is 4.98 Å². The number of aromatic nitrogens is 3. The predicted octanol–water partition coefficient (Wildman–Crippen LogP) is 2.08. The van der Waals surface area contributed by atoms with Gasteiger partial charge in [0.25, 0.3) is 0 Å². The number of hydrogen-bond donors (Lipinski definition) is 0. The summed E-state index contributed by atoms with van der Waals surface area (Å²) < 4.78 is 39.6. The molecule has 0 unspecified atom stereocenters. The van der Waals surface area contributed by atoms with Crippen molar-refractivity contribution in [1.29, 1.82) is 0 Å². The van der Waals surface area contributed by atoms with Crippen LogP contribution < -0.4 is 0 Å². The number of carbonyl (C=O) groups excluding carboxylic acids is 1. The second-order valence-electron chi connectivity index (χ2n) is 6.08. The first-order valence-electron chi connectivity index (χ1n) is 7.59. The van der Waals surface area contributed by atoms with E-state index in [2.05, 4.69) is 10.1 Å². The first kappa shape index (κ1) is 16.5. The van der Waals surface area contributed by atoms with Crippen LogP contribution in [0.3, 0.4) is 0 Å². The fraction of sp³-hybridized carbons (Fsp3) is 0.438. The van der Waals surface area contributed by atoms with Gasteiger partial charge in [-0.15, -0.1) is 0 Å². The molecule has 24 heavy (non-hydrogen) atoms. The summed E-state index contributed by atoms with van der Waals surface area (Å²) in [6.45, 7) is 1.24. The lowest BCUT2D eigenvalue weighted by Crippen LogP contribution is -2.51. The van der Waals surface area contributed by atoms with Crippen LogP contribution in [0.15, 0.2) is 30.6 Å². The number of alkyl halides is 3. The van der Waals surface area contributed by atoms with Gasteiger partial charge in [0.2, 0.25) is 5.91 Å². The molecule has 3 heterocycles. The molecule has 0 radical (unpaired) electrons. The topological polar surface area (TPSA) is 51.0 Å². The van der Waals surface area contributed by atoms with E-state index in [0.717, 1.165) is 18.1 Å². The molecule has 8 heteroatoms. The summed E-state index contributed by atoms with van der Waals surface area (Å²) in [5.74, 6) is 0.178. The minimum atomic E-state index is -4.50. The number of pyridine rings is 1. The number of nitrogens with zero attached hydrogens (tertiary/aromatic N) is 4. The van der Waals surface area contributed by atoms with E-state index in [9.17, 15) is 18.0 Å². The molecule has 0 aromatic carbocycles. The minimum absolute atomic E-state index is 0.108. The standard InChI is InChI=1S/C16H17F3N4O/c1-22-8-11(7-20-22)5-12-9-23(10-12)15(24)6-13-3-2-4-14(21-13)16(17,18)19/h2-4,7-8,12H,5-6,9-10H2,1H3. The van der Waals surface area contributed by atoms with Crippen LogP contribution in [0.1, 0.15) is 17.0 Å². The predicted molar refractivity (Wildman–Crippen MR) is 79.9 cm³/mol. The van der Waals surface area contributed by atoms with Crippen molar-refractivity contribution in [3.8, 4) is 0 Å². The normalized spacial score (nSPS) is 15.4. The first-order valence-corrected chi connectivity index (χ1v) is 7.59. The fourth-order valence-electron chi connectivity index (χ4n) is 2.82. The number of amides is 1. The molecule has 1 fully saturated rings. The Morgan fingerprint density at radius 1 is 1.33 bits per heavy atom. The molecule has 5 nitrogen and oxygen atoms in total. The van der Waals surface area contributed by atoms with Crippen LogP contribution in [-0.4, -0.2) is 38.7 Å². The lowest BCUT2D eigenvalue weighted by atomic mass is 9.93. The Kier molecular flexibility index (Phi) is 4.29. The maximum atomic E-state index is 12.6. The van der Waals surface area contributed by atoms with Gasteiger partial charge in [-0.3, -0.25) is 9.48 Å². The van der Waals surface area contributed by atoms with E-state index >= 15 is 0 Å². The molecule has 1 aliphatic rings. The highest BCUT2D eigenvalue weighted by Crippen LogP contribution is 2.27. The average Bonchev–Trinajstić information content (AvgIpc) is 2.87. The Bertz CT molecular complexity index is 735. The van der Waals surface area contributed by atoms with E-state index in [1.54, 1.807) is 15.8 Å². The molecule has 0 aliphatic carbocycles. The molecule has 1 aliphatic heterocycles. The van der Waals surface area contributed by atoms with Crippen LogP contribution in [0.25, 0.3) is 0 Å². The summed E-state index contributed by atoms with van der Waals surface area (Å²) in [5, 5.41) is 4.10. The number of halogens is 3. The number of hydrogen-bond acceptors (Lipinski definition) is 3. The molecule has 0 N–H and O–H groups in total. The van der Waals surface area contributed by atoms with Crippen molar-refractivity contribution >= 4 is 5.91 Å². The number of carbonyl (C=O) groups is 1. The summed E-state index contributed by atoms with van der Waals surface area (Å²) in [7, 11) is 1.85. The van der Waals surface area contributed by atoms with Gasteiger partial charge in [-0.2, -0.15) is 18.3 Å². The molecule has 2 aromatic rings. The molecule has 0 atom stereocenters. The van der Waals surface area contributed by atoms with Gasteiger partial charge >= 0.3 is 6.18 Å². The molecule has 2 aromatic heterocycles. The Balaban J connectivity index is 1.52. The summed E-state index contributed by atoms with van der Waals surface area (Å²) in [4.78, 5) is 17.3. The van der Waals surface area contributed by atoms with E-state index < -0.39 is 11.9 Å². The Morgan fingerprint density at radius 3 is 2.71 bits per heavy atom. The van der Waals surface area contributed by atoms with E-state index in [0.29, 0.717) is 19.0 Å². The molecule has 0 spiro atoms. The summed E-state index contributed by atoms with van der Waals surface area (Å²) >= 11 is 0. The molecular formula is C16H17F3N4O. The number of rotatable bonds is 4. The highest BCUT2D eigenvalue weighted by molar-refractivity contribution is 5.79. The van der Waals surface area contributed by atoms with E-state index in [-0.39, 0.29) is 18.0 Å². The third kappa shape index (κ3) is 3.74. The fourth-order valence-corrected chi connectivity index (χ4v) is 2.82. The smallest absolute Gasteiger partial charge is 0.342 e. The van der Waals surface area contributed by atoms with Crippen LogP contribution in [0, 0.1) is 5.92 Å². The molecule has 1 saturated heterocycles. The highest BCUT2D eigenvalue weighted by atomic mass is 19.4. The Labute approximate surface area is 137 Å². The van der Waals surface area contributed by atoms with Gasteiger partial charge < -0.3 is 4.90 Å². The van der Waals surface area contributed by atoms with E-state index in [4.69, 9.17) is 0 Å².